The topological polar surface area (TPSA) is 310 Å². The quantitative estimate of drug-likeness (QED) is 0.0348. The van der Waals surface area contributed by atoms with E-state index in [1.165, 1.54) is 25.3 Å². The molecule has 2 atom stereocenters. The summed E-state index contributed by atoms with van der Waals surface area (Å²) in [6, 6.07) is 29.9. The van der Waals surface area contributed by atoms with E-state index >= 15 is 0 Å². The maximum atomic E-state index is 12.8. The van der Waals surface area contributed by atoms with E-state index in [9.17, 15) is 45.6 Å². The Kier molecular flexibility index (Phi) is 29.9. The van der Waals surface area contributed by atoms with Crippen LogP contribution >= 0.6 is 0 Å². The first-order valence-electron chi connectivity index (χ1n) is 22.9. The van der Waals surface area contributed by atoms with E-state index in [0.717, 1.165) is 29.2 Å². The van der Waals surface area contributed by atoms with E-state index in [4.69, 9.17) is 23.6 Å². The molecule has 0 bridgehead atoms. The molecular weight excluding hydrogens is 1000 g/mol. The Morgan fingerprint density at radius 2 is 1.04 bits per heavy atom. The van der Waals surface area contributed by atoms with Gasteiger partial charge >= 0.3 is 24.2 Å². The molecule has 0 aliphatic heterocycles. The first-order valence-corrected chi connectivity index (χ1v) is 26.5. The van der Waals surface area contributed by atoms with Crippen LogP contribution in [0, 0.1) is 6.92 Å². The van der Waals surface area contributed by atoms with Gasteiger partial charge in [-0.05, 0) is 108 Å². The molecule has 0 aliphatic carbocycles. The van der Waals surface area contributed by atoms with Gasteiger partial charge in [0.05, 0.1) is 44.0 Å². The highest BCUT2D eigenvalue weighted by Crippen LogP contribution is 2.12. The highest BCUT2D eigenvalue weighted by atomic mass is 32.2. The van der Waals surface area contributed by atoms with Crippen LogP contribution in [0.5, 0.6) is 0 Å². The van der Waals surface area contributed by atoms with Crippen LogP contribution in [0.2, 0.25) is 0 Å². The summed E-state index contributed by atoms with van der Waals surface area (Å²) in [5.41, 5.74) is 2.90. The Morgan fingerprint density at radius 1 is 0.608 bits per heavy atom. The Bertz CT molecular complexity index is 2660. The second-order valence-corrected chi connectivity index (χ2v) is 20.3. The predicted molar refractivity (Wildman–Crippen MR) is 271 cm³/mol. The summed E-state index contributed by atoms with van der Waals surface area (Å²) in [4.78, 5) is 88.5. The molecular formula is C51H66N4O17S2. The number of esters is 1. The van der Waals surface area contributed by atoms with Crippen LogP contribution in [0.15, 0.2) is 109 Å². The zero-order valence-corrected chi connectivity index (χ0v) is 44.0. The lowest BCUT2D eigenvalue weighted by molar-refractivity contribution is -0.191. The van der Waals surface area contributed by atoms with Crippen molar-refractivity contribution in [2.45, 2.75) is 97.0 Å². The first kappa shape index (κ1) is 64.7. The van der Waals surface area contributed by atoms with Gasteiger partial charge in [0.2, 0.25) is 11.8 Å². The number of carbonyl (C=O) groups excluding carboxylic acids is 7. The van der Waals surface area contributed by atoms with E-state index in [2.05, 4.69) is 30.2 Å². The summed E-state index contributed by atoms with van der Waals surface area (Å²) < 4.78 is 63.4. The van der Waals surface area contributed by atoms with Crippen molar-refractivity contribution in [1.29, 1.82) is 0 Å². The van der Waals surface area contributed by atoms with Crippen LogP contribution < -0.4 is 21.3 Å². The molecule has 0 unspecified atom stereocenters. The van der Waals surface area contributed by atoms with Gasteiger partial charge in [-0.1, -0.05) is 84.4 Å². The number of amides is 4. The first-order chi connectivity index (χ1) is 34.8. The molecule has 0 fully saturated rings. The van der Waals surface area contributed by atoms with Crippen LogP contribution in [0.4, 0.5) is 4.79 Å². The van der Waals surface area contributed by atoms with Gasteiger partial charge in [0.25, 0.3) is 26.1 Å². The van der Waals surface area contributed by atoms with Crippen molar-refractivity contribution < 1.29 is 78.1 Å². The normalized spacial score (nSPS) is 11.6. The number of aromatic carboxylic acids is 1. The molecule has 5 N–H and O–H groups in total. The van der Waals surface area contributed by atoms with Gasteiger partial charge in [0.1, 0.15) is 17.7 Å². The molecule has 21 nitrogen and oxygen atoms in total. The van der Waals surface area contributed by atoms with Gasteiger partial charge in [0, 0.05) is 18.7 Å². The third-order valence-electron chi connectivity index (χ3n) is 9.43. The molecule has 4 rings (SSSR count). The molecule has 0 saturated carbocycles. The summed E-state index contributed by atoms with van der Waals surface area (Å²) in [6.07, 6.45) is 3.89. The SMILES string of the molecule is CC(C)(C)OC(=O)N[C@@H](CCCCOS(C)(=O)=O)C(=O)NCc1ccccc1.COC(=O)c1cccc(C(=O)N[C@@H](CCCCOS(C)(=O)=O)C(=O)NCc2ccccc2)c1.Cc1cccc(C(=O)O)c1.O=C=O. The third-order valence-corrected chi connectivity index (χ3v) is 10.6. The predicted octanol–water partition coefficient (Wildman–Crippen LogP) is 5.49. The molecule has 4 aromatic rings. The maximum Gasteiger partial charge on any atom is 0.408 e. The number of alkyl carbamates (subject to hydrolysis) is 1. The number of nitrogens with one attached hydrogen (secondary N) is 4. The number of methoxy groups -OCH3 is 1. The van der Waals surface area contributed by atoms with E-state index in [-0.39, 0.29) is 48.7 Å². The third kappa shape index (κ3) is 31.2. The number of ether oxygens (including phenoxy) is 2. The Hall–Kier alpha value is -7.30. The molecule has 74 heavy (non-hydrogen) atoms. The van der Waals surface area contributed by atoms with Gasteiger partial charge in [-0.25, -0.2) is 14.4 Å². The average molecular weight is 1070 g/mol. The number of carbonyl (C=O) groups is 6. The molecule has 0 spiro atoms. The van der Waals surface area contributed by atoms with E-state index in [1.807, 2.05) is 73.7 Å². The Balaban J connectivity index is 0.000000600. The average Bonchev–Trinajstić information content (AvgIpc) is 3.33. The Labute approximate surface area is 432 Å². The Morgan fingerprint density at radius 3 is 1.45 bits per heavy atom. The molecule has 4 aromatic carbocycles. The number of carboxylic acids is 1. The fourth-order valence-electron chi connectivity index (χ4n) is 6.05. The lowest BCUT2D eigenvalue weighted by Crippen LogP contribution is -2.48. The molecule has 404 valence electrons. The van der Waals surface area contributed by atoms with Crippen LogP contribution in [0.3, 0.4) is 0 Å². The molecule has 0 aliphatic rings. The minimum absolute atomic E-state index is 0.00763. The van der Waals surface area contributed by atoms with E-state index in [1.54, 1.807) is 45.0 Å². The van der Waals surface area contributed by atoms with Gasteiger partial charge in [-0.3, -0.25) is 22.7 Å². The summed E-state index contributed by atoms with van der Waals surface area (Å²) in [5.74, 6) is -2.68. The number of rotatable bonds is 23. The number of carboxylic acid groups (broad SMARTS) is 1. The summed E-state index contributed by atoms with van der Waals surface area (Å²) in [7, 11) is -5.78. The van der Waals surface area contributed by atoms with Crippen molar-refractivity contribution in [3.05, 3.63) is 143 Å². The zero-order chi connectivity index (χ0) is 55.7. The number of unbranched alkanes of at least 4 members (excludes halogenated alkanes) is 2. The fourth-order valence-corrected chi connectivity index (χ4v) is 6.89. The molecule has 0 radical (unpaired) electrons. The number of benzene rings is 4. The van der Waals surface area contributed by atoms with E-state index in [0.29, 0.717) is 50.8 Å². The number of hydrogen-bond acceptors (Lipinski definition) is 16. The van der Waals surface area contributed by atoms with Gasteiger partial charge in [-0.2, -0.15) is 26.4 Å². The lowest BCUT2D eigenvalue weighted by atomic mass is 10.1. The standard InChI is InChI=1S/C23H28N2O7S.C19H30N2O6S.C8H8O2.CO2/c1-31-23(28)19-12-8-11-18(15-19)21(26)25-20(13-6-7-14-32-33(2,29)30)22(27)24-16-17-9-4-3-5-10-17;1-19(2,3)27-18(23)21-16(12-8-9-13-26-28(4,24)25)17(22)20-14-15-10-6-5-7-11-15;1-6-3-2-4-7(5-6)8(9)10;2-1-3/h3-5,8-12,15,20H,6-7,13-14,16H2,1-2H3,(H,24,27)(H,25,26);5-7,10-11,16H,8-9,12-14H2,1-4H3,(H,20,22)(H,21,23);2-5H,1H3,(H,9,10);/t20-;16-;;/m00../s1. The molecule has 23 heteroatoms. The molecule has 0 heterocycles. The number of aryl methyl sites for hydroxylation is 1. The highest BCUT2D eigenvalue weighted by Gasteiger charge is 2.25. The van der Waals surface area contributed by atoms with E-state index < -0.39 is 61.9 Å². The number of hydrogen-bond donors (Lipinski definition) is 5. The summed E-state index contributed by atoms with van der Waals surface area (Å²) in [6.45, 7) is 7.73. The summed E-state index contributed by atoms with van der Waals surface area (Å²) in [5, 5.41) is 19.4. The highest BCUT2D eigenvalue weighted by molar-refractivity contribution is 7.86. The van der Waals surface area contributed by atoms with Crippen LogP contribution in [0.25, 0.3) is 0 Å². The summed E-state index contributed by atoms with van der Waals surface area (Å²) >= 11 is 0. The van der Waals surface area contributed by atoms with Crippen molar-refractivity contribution in [2.24, 2.45) is 0 Å². The van der Waals surface area contributed by atoms with Crippen LogP contribution in [0.1, 0.15) is 107 Å². The largest absolute Gasteiger partial charge is 0.478 e. The van der Waals surface area contributed by atoms with Crippen LogP contribution in [-0.4, -0.2) is 114 Å². The fraction of sp³-hybridized carbons (Fsp3) is 0.392. The lowest BCUT2D eigenvalue weighted by Gasteiger charge is -2.23. The van der Waals surface area contributed by atoms with Gasteiger partial charge < -0.3 is 35.8 Å². The van der Waals surface area contributed by atoms with Crippen molar-refractivity contribution in [3.8, 4) is 0 Å². The minimum Gasteiger partial charge on any atom is -0.478 e. The van der Waals surface area contributed by atoms with Crippen molar-refractivity contribution in [1.82, 2.24) is 21.3 Å². The molecule has 0 saturated heterocycles. The van der Waals surface area contributed by atoms with Gasteiger partial charge in [-0.15, -0.1) is 0 Å². The monoisotopic (exact) mass is 1070 g/mol. The van der Waals surface area contributed by atoms with Crippen LogP contribution in [-0.2, 0) is 70.3 Å². The smallest absolute Gasteiger partial charge is 0.408 e. The van der Waals surface area contributed by atoms with Gasteiger partial charge in [0.15, 0.2) is 0 Å². The molecule has 0 aromatic heterocycles. The second kappa shape index (κ2) is 34.2. The van der Waals surface area contributed by atoms with Crippen molar-refractivity contribution in [2.75, 3.05) is 32.8 Å². The van der Waals surface area contributed by atoms with Crippen molar-refractivity contribution in [3.63, 3.8) is 0 Å². The zero-order valence-electron chi connectivity index (χ0n) is 42.4. The second-order valence-electron chi connectivity index (χ2n) is 17.0. The van der Waals surface area contributed by atoms with Crippen molar-refractivity contribution >= 4 is 62.1 Å². The minimum atomic E-state index is -3.54. The maximum absolute atomic E-state index is 12.8. The molecule has 4 amide bonds.